The van der Waals surface area contributed by atoms with Gasteiger partial charge in [-0.1, -0.05) is 67.7 Å². The van der Waals surface area contributed by atoms with Gasteiger partial charge in [0.05, 0.1) is 59.7 Å². The maximum absolute atomic E-state index is 15.3. The van der Waals surface area contributed by atoms with Crippen LogP contribution in [0, 0.1) is 5.92 Å². The molecule has 4 aromatic rings. The van der Waals surface area contributed by atoms with Crippen LogP contribution < -0.4 is 24.9 Å². The number of nitrogens with zero attached hydrogens (tertiary/aromatic N) is 2. The Hall–Kier alpha value is -4.97. The third kappa shape index (κ3) is 6.58. The molecule has 3 heterocycles. The van der Waals surface area contributed by atoms with Crippen molar-refractivity contribution >= 4 is 42.4 Å². The normalized spacial score (nSPS) is 23.5. The van der Waals surface area contributed by atoms with Gasteiger partial charge in [-0.3, -0.25) is 14.4 Å². The third-order valence-electron chi connectivity index (χ3n) is 11.9. The molecule has 1 spiro atoms. The second-order valence-electron chi connectivity index (χ2n) is 15.2. The molecular weight excluding hydrogens is 699 g/mol. The zero-order chi connectivity index (χ0) is 38.2. The van der Waals surface area contributed by atoms with E-state index in [0.717, 1.165) is 24.2 Å². The van der Waals surface area contributed by atoms with E-state index in [0.29, 0.717) is 41.3 Å². The van der Waals surface area contributed by atoms with Gasteiger partial charge in [0.1, 0.15) is 11.5 Å². The van der Waals surface area contributed by atoms with Gasteiger partial charge in [-0.05, 0) is 78.5 Å². The maximum Gasteiger partial charge on any atom is 0.264 e. The fourth-order valence-electron chi connectivity index (χ4n) is 9.10. The molecular formula is C43H49N3O7Si. The van der Waals surface area contributed by atoms with Gasteiger partial charge in [0, 0.05) is 29.3 Å². The highest BCUT2D eigenvalue weighted by molar-refractivity contribution is 6.91. The molecule has 0 aromatic heterocycles. The Bertz CT molecular complexity index is 2010. The number of hydrogen-bond acceptors (Lipinski definition) is 7. The van der Waals surface area contributed by atoms with Gasteiger partial charge >= 0.3 is 0 Å². The van der Waals surface area contributed by atoms with Crippen LogP contribution in [0.3, 0.4) is 0 Å². The lowest BCUT2D eigenvalue weighted by Gasteiger charge is -2.37. The molecule has 2 fully saturated rings. The average Bonchev–Trinajstić information content (AvgIpc) is 3.85. The van der Waals surface area contributed by atoms with Crippen LogP contribution in [-0.4, -0.2) is 75.3 Å². The summed E-state index contributed by atoms with van der Waals surface area (Å²) in [6.45, 7) is 7.51. The SMILES string of the molecule is COc1ccc(C(=O)Nc2ccc3c(c2)[C@@]2(O[C@H](CC(=O)N4CCC[C@H]4CO)[C@@H]([Si](C)(C)c4ccc(OC)cc4)[C@@H]2C)C(=O)N3Cc2ccccc2)cc1. The van der Waals surface area contributed by atoms with E-state index in [4.69, 9.17) is 14.2 Å². The van der Waals surface area contributed by atoms with Crippen LogP contribution in [0.4, 0.5) is 11.4 Å². The number of carbonyl (C=O) groups is 3. The number of amides is 3. The van der Waals surface area contributed by atoms with Crippen molar-refractivity contribution in [3.05, 3.63) is 114 Å². The van der Waals surface area contributed by atoms with Crippen LogP contribution in [0.25, 0.3) is 0 Å². The predicted octanol–water partition coefficient (Wildman–Crippen LogP) is 6.09. The molecule has 3 amide bonds. The molecule has 0 radical (unpaired) electrons. The molecule has 4 aromatic carbocycles. The summed E-state index contributed by atoms with van der Waals surface area (Å²) in [5.74, 6) is 0.517. The highest BCUT2D eigenvalue weighted by atomic mass is 28.3. The van der Waals surface area contributed by atoms with Crippen LogP contribution in [0.5, 0.6) is 11.5 Å². The van der Waals surface area contributed by atoms with Crippen LogP contribution in [0.15, 0.2) is 97.1 Å². The van der Waals surface area contributed by atoms with E-state index in [9.17, 15) is 14.7 Å². The number of aliphatic hydroxyl groups is 1. The molecule has 282 valence electrons. The van der Waals surface area contributed by atoms with Gasteiger partial charge in [-0.25, -0.2) is 0 Å². The van der Waals surface area contributed by atoms with Gasteiger partial charge in [0.2, 0.25) is 5.91 Å². The van der Waals surface area contributed by atoms with Crippen molar-refractivity contribution in [2.75, 3.05) is 37.6 Å². The number of nitrogens with one attached hydrogen (secondary N) is 1. The first kappa shape index (κ1) is 37.3. The molecule has 2 N–H and O–H groups in total. The van der Waals surface area contributed by atoms with Crippen molar-refractivity contribution in [1.82, 2.24) is 4.90 Å². The summed E-state index contributed by atoms with van der Waals surface area (Å²) in [6, 6.07) is 30.2. The fourth-order valence-corrected chi connectivity index (χ4v) is 13.1. The first-order valence-electron chi connectivity index (χ1n) is 18.7. The minimum absolute atomic E-state index is 0.0716. The number of fused-ring (bicyclic) bond motifs is 2. The Morgan fingerprint density at radius 2 is 1.61 bits per heavy atom. The first-order chi connectivity index (χ1) is 26.0. The Morgan fingerprint density at radius 1 is 0.944 bits per heavy atom. The number of carbonyl (C=O) groups excluding carboxylic acids is 3. The van der Waals surface area contributed by atoms with Gasteiger partial charge in [-0.2, -0.15) is 0 Å². The highest BCUT2D eigenvalue weighted by Gasteiger charge is 2.66. The molecule has 0 saturated carbocycles. The van der Waals surface area contributed by atoms with Crippen molar-refractivity contribution in [1.29, 1.82) is 0 Å². The summed E-state index contributed by atoms with van der Waals surface area (Å²) in [6.07, 6.45) is 1.11. The number of benzene rings is 4. The van der Waals surface area contributed by atoms with Gasteiger partial charge in [0.25, 0.3) is 11.8 Å². The number of aliphatic hydroxyl groups excluding tert-OH is 1. The van der Waals surface area contributed by atoms with Crippen LogP contribution in [0.2, 0.25) is 18.6 Å². The molecule has 3 aliphatic heterocycles. The molecule has 0 aliphatic carbocycles. The van der Waals surface area contributed by atoms with Crippen molar-refractivity contribution in [2.24, 2.45) is 5.92 Å². The average molecular weight is 748 g/mol. The summed E-state index contributed by atoms with van der Waals surface area (Å²) in [5, 5.41) is 14.3. The Balaban J connectivity index is 1.32. The van der Waals surface area contributed by atoms with E-state index in [1.165, 1.54) is 5.19 Å². The molecule has 11 heteroatoms. The second-order valence-corrected chi connectivity index (χ2v) is 19.9. The van der Waals surface area contributed by atoms with E-state index >= 15 is 4.79 Å². The minimum Gasteiger partial charge on any atom is -0.497 e. The molecule has 0 unspecified atom stereocenters. The van der Waals surface area contributed by atoms with E-state index in [1.54, 1.807) is 48.3 Å². The number of ether oxygens (including phenoxy) is 3. The lowest BCUT2D eigenvalue weighted by atomic mass is 9.82. The van der Waals surface area contributed by atoms with E-state index < -0.39 is 19.8 Å². The summed E-state index contributed by atoms with van der Waals surface area (Å²) < 4.78 is 18.0. The van der Waals surface area contributed by atoms with E-state index in [1.807, 2.05) is 60.7 Å². The van der Waals surface area contributed by atoms with Crippen molar-refractivity contribution in [3.63, 3.8) is 0 Å². The summed E-state index contributed by atoms with van der Waals surface area (Å²) in [4.78, 5) is 46.5. The van der Waals surface area contributed by atoms with Crippen molar-refractivity contribution in [3.8, 4) is 11.5 Å². The van der Waals surface area contributed by atoms with Crippen LogP contribution >= 0.6 is 0 Å². The largest absolute Gasteiger partial charge is 0.497 e. The number of methoxy groups -OCH3 is 2. The standard InChI is InChI=1S/C43H49N3O7Si/c1-28-40(54(4,5)35-20-18-34(52-3)19-21-35)38(25-39(48)45-23-9-12-32(45)27-47)53-43(28)36-24-31(44-41(49)30-13-16-33(51-2)17-14-30)15-22-37(36)46(42(43)50)26-29-10-7-6-8-11-29/h6-8,10-11,13-22,24,28,32,38,40,47H,9,12,23,25-27H2,1-5H3,(H,44,49)/t28-,32-,38+,40-,43+/m0/s1. The second kappa shape index (κ2) is 15.0. The number of likely N-dealkylation sites (tertiary alicyclic amines) is 1. The Kier molecular flexibility index (Phi) is 10.4. The Morgan fingerprint density at radius 3 is 2.26 bits per heavy atom. The van der Waals surface area contributed by atoms with E-state index in [-0.39, 0.29) is 48.3 Å². The van der Waals surface area contributed by atoms with Gasteiger partial charge in [-0.15, -0.1) is 0 Å². The maximum atomic E-state index is 15.3. The predicted molar refractivity (Wildman–Crippen MR) is 211 cm³/mol. The van der Waals surface area contributed by atoms with Crippen LogP contribution in [0.1, 0.15) is 47.7 Å². The molecule has 2 saturated heterocycles. The fraction of sp³-hybridized carbons (Fsp3) is 0.372. The molecule has 54 heavy (non-hydrogen) atoms. The molecule has 7 rings (SSSR count). The van der Waals surface area contributed by atoms with Crippen molar-refractivity contribution in [2.45, 2.75) is 69.1 Å². The molecule has 10 nitrogen and oxygen atoms in total. The lowest BCUT2D eigenvalue weighted by molar-refractivity contribution is -0.150. The topological polar surface area (TPSA) is 118 Å². The quantitative estimate of drug-likeness (QED) is 0.178. The molecule has 5 atom stereocenters. The third-order valence-corrected chi connectivity index (χ3v) is 16.3. The summed E-state index contributed by atoms with van der Waals surface area (Å²) in [5.41, 5.74) is 1.79. The monoisotopic (exact) mass is 747 g/mol. The summed E-state index contributed by atoms with van der Waals surface area (Å²) in [7, 11) is 0.698. The zero-order valence-electron chi connectivity index (χ0n) is 31.6. The number of hydrogen-bond donors (Lipinski definition) is 2. The zero-order valence-corrected chi connectivity index (χ0v) is 32.6. The molecule has 3 aliphatic rings. The van der Waals surface area contributed by atoms with Gasteiger partial charge in [0.15, 0.2) is 5.60 Å². The Labute approximate surface area is 318 Å². The molecule has 0 bridgehead atoms. The smallest absolute Gasteiger partial charge is 0.264 e. The number of rotatable bonds is 11. The van der Waals surface area contributed by atoms with Crippen LogP contribution in [-0.2, 0) is 26.5 Å². The van der Waals surface area contributed by atoms with E-state index in [2.05, 4.69) is 37.5 Å². The number of anilines is 2. The highest BCUT2D eigenvalue weighted by Crippen LogP contribution is 2.60. The minimum atomic E-state index is -2.52. The summed E-state index contributed by atoms with van der Waals surface area (Å²) >= 11 is 0. The first-order valence-corrected chi connectivity index (χ1v) is 21.8. The van der Waals surface area contributed by atoms with Gasteiger partial charge < -0.3 is 34.4 Å². The lowest BCUT2D eigenvalue weighted by Crippen LogP contribution is -2.52. The van der Waals surface area contributed by atoms with Crippen molar-refractivity contribution < 1.29 is 33.7 Å².